The van der Waals surface area contributed by atoms with Crippen LogP contribution in [0.25, 0.3) is 0 Å². The Morgan fingerprint density at radius 3 is 2.89 bits per heavy atom. The van der Waals surface area contributed by atoms with Crippen molar-refractivity contribution < 1.29 is 9.53 Å². The summed E-state index contributed by atoms with van der Waals surface area (Å²) in [6.07, 6.45) is 4.04. The summed E-state index contributed by atoms with van der Waals surface area (Å²) in [6, 6.07) is 1.84. The number of hydrogen-bond acceptors (Lipinski definition) is 4. The van der Waals surface area contributed by atoms with Crippen molar-refractivity contribution in [1.29, 1.82) is 0 Å². The molecule has 1 aliphatic carbocycles. The molecule has 1 saturated carbocycles. The number of thiophene rings is 1. The first-order chi connectivity index (χ1) is 9.10. The van der Waals surface area contributed by atoms with Gasteiger partial charge < -0.3 is 9.64 Å². The lowest BCUT2D eigenvalue weighted by atomic mass is 10.3. The first kappa shape index (κ1) is 13.6. The number of ether oxygens (including phenoxy) is 1. The molecule has 0 saturated heterocycles. The predicted molar refractivity (Wildman–Crippen MR) is 77.1 cm³/mol. The SMILES string of the molecule is COC(=O)c1sc(C#CC2CC2)cc1N=CN(C)C. The third-order valence-corrected chi connectivity index (χ3v) is 3.51. The molecule has 0 radical (unpaired) electrons. The molecule has 1 heterocycles. The Hall–Kier alpha value is -1.80. The zero-order valence-corrected chi connectivity index (χ0v) is 12.1. The van der Waals surface area contributed by atoms with Gasteiger partial charge in [-0.15, -0.1) is 11.3 Å². The minimum atomic E-state index is -0.365. The minimum Gasteiger partial charge on any atom is -0.465 e. The average Bonchev–Trinajstić information content (AvgIpc) is 3.12. The van der Waals surface area contributed by atoms with E-state index in [9.17, 15) is 4.79 Å². The highest BCUT2D eigenvalue weighted by molar-refractivity contribution is 7.15. The molecular formula is C14H16N2O2S. The Morgan fingerprint density at radius 1 is 1.58 bits per heavy atom. The molecule has 0 atom stereocenters. The highest BCUT2D eigenvalue weighted by atomic mass is 32.1. The number of esters is 1. The Balaban J connectivity index is 2.28. The van der Waals surface area contributed by atoms with E-state index in [2.05, 4.69) is 16.8 Å². The van der Waals surface area contributed by atoms with Crippen molar-refractivity contribution in [2.75, 3.05) is 21.2 Å². The van der Waals surface area contributed by atoms with E-state index < -0.39 is 0 Å². The first-order valence-corrected chi connectivity index (χ1v) is 6.86. The van der Waals surface area contributed by atoms with Gasteiger partial charge in [-0.3, -0.25) is 0 Å². The van der Waals surface area contributed by atoms with Gasteiger partial charge >= 0.3 is 5.97 Å². The fourth-order valence-corrected chi connectivity index (χ4v) is 2.24. The van der Waals surface area contributed by atoms with E-state index in [1.807, 2.05) is 25.1 Å². The summed E-state index contributed by atoms with van der Waals surface area (Å²) >= 11 is 1.33. The van der Waals surface area contributed by atoms with E-state index in [1.165, 1.54) is 31.3 Å². The molecule has 1 aliphatic rings. The molecule has 4 nitrogen and oxygen atoms in total. The summed E-state index contributed by atoms with van der Waals surface area (Å²) in [5.41, 5.74) is 0.616. The lowest BCUT2D eigenvalue weighted by Gasteiger charge is -2.02. The molecule has 1 fully saturated rings. The fourth-order valence-electron chi connectivity index (χ4n) is 1.36. The molecule has 19 heavy (non-hydrogen) atoms. The van der Waals surface area contributed by atoms with Crippen LogP contribution in [0.15, 0.2) is 11.1 Å². The molecule has 0 N–H and O–H groups in total. The maximum Gasteiger partial charge on any atom is 0.350 e. The molecule has 5 heteroatoms. The van der Waals surface area contributed by atoms with Gasteiger partial charge in [-0.05, 0) is 18.9 Å². The van der Waals surface area contributed by atoms with Crippen LogP contribution >= 0.6 is 11.3 Å². The number of hydrogen-bond donors (Lipinski definition) is 0. The van der Waals surface area contributed by atoms with Crippen LogP contribution in [0.3, 0.4) is 0 Å². The molecule has 2 rings (SSSR count). The van der Waals surface area contributed by atoms with Crippen LogP contribution in [0.2, 0.25) is 0 Å². The van der Waals surface area contributed by atoms with Gasteiger partial charge in [0.2, 0.25) is 0 Å². The zero-order chi connectivity index (χ0) is 13.8. The van der Waals surface area contributed by atoms with Crippen molar-refractivity contribution in [2.45, 2.75) is 12.8 Å². The Morgan fingerprint density at radius 2 is 2.32 bits per heavy atom. The molecule has 0 aliphatic heterocycles. The summed E-state index contributed by atoms with van der Waals surface area (Å²) in [6.45, 7) is 0. The fraction of sp³-hybridized carbons (Fsp3) is 0.429. The second kappa shape index (κ2) is 5.89. The molecule has 1 aromatic heterocycles. The van der Waals surface area contributed by atoms with Crippen LogP contribution in [0, 0.1) is 17.8 Å². The van der Waals surface area contributed by atoms with Crippen molar-refractivity contribution in [1.82, 2.24) is 4.90 Å². The zero-order valence-electron chi connectivity index (χ0n) is 11.3. The minimum absolute atomic E-state index is 0.365. The maximum absolute atomic E-state index is 11.7. The standard InChI is InChI=1S/C14H16N2O2S/c1-16(2)9-15-12-8-11(7-6-10-4-5-10)19-13(12)14(17)18-3/h8-10H,4-5H2,1-3H3. The van der Waals surface area contributed by atoms with Crippen molar-refractivity contribution in [3.05, 3.63) is 15.8 Å². The number of aliphatic imine (C=N–C) groups is 1. The number of methoxy groups -OCH3 is 1. The molecule has 0 amide bonds. The van der Waals surface area contributed by atoms with Crippen molar-refractivity contribution >= 4 is 29.3 Å². The van der Waals surface area contributed by atoms with E-state index in [0.29, 0.717) is 16.5 Å². The number of rotatable bonds is 3. The summed E-state index contributed by atoms with van der Waals surface area (Å²) in [7, 11) is 5.13. The van der Waals surface area contributed by atoms with Gasteiger partial charge in [-0.1, -0.05) is 11.8 Å². The summed E-state index contributed by atoms with van der Waals surface area (Å²) in [4.78, 5) is 19.1. The molecular weight excluding hydrogens is 260 g/mol. The summed E-state index contributed by atoms with van der Waals surface area (Å²) in [5, 5.41) is 0. The van der Waals surface area contributed by atoms with Crippen LogP contribution < -0.4 is 0 Å². The number of nitrogens with zero attached hydrogens (tertiary/aromatic N) is 2. The Labute approximate surface area is 117 Å². The highest BCUT2D eigenvalue weighted by Gasteiger charge is 2.19. The lowest BCUT2D eigenvalue weighted by Crippen LogP contribution is -2.07. The third kappa shape index (κ3) is 3.83. The van der Waals surface area contributed by atoms with Crippen LogP contribution in [-0.2, 0) is 4.74 Å². The highest BCUT2D eigenvalue weighted by Crippen LogP contribution is 2.31. The second-order valence-corrected chi connectivity index (χ2v) is 5.62. The first-order valence-electron chi connectivity index (χ1n) is 6.04. The van der Waals surface area contributed by atoms with Gasteiger partial charge in [0.15, 0.2) is 0 Å². The van der Waals surface area contributed by atoms with E-state index in [1.54, 1.807) is 6.34 Å². The van der Waals surface area contributed by atoms with Crippen molar-refractivity contribution in [3.8, 4) is 11.8 Å². The quantitative estimate of drug-likeness (QED) is 0.369. The summed E-state index contributed by atoms with van der Waals surface area (Å²) < 4.78 is 4.77. The smallest absolute Gasteiger partial charge is 0.350 e. The van der Waals surface area contributed by atoms with Gasteiger partial charge in [0.05, 0.1) is 24.0 Å². The molecule has 100 valence electrons. The predicted octanol–water partition coefficient (Wildman–Crippen LogP) is 2.52. The van der Waals surface area contributed by atoms with Crippen LogP contribution in [0.4, 0.5) is 5.69 Å². The van der Waals surface area contributed by atoms with Crippen LogP contribution in [0.5, 0.6) is 0 Å². The van der Waals surface area contributed by atoms with Gasteiger partial charge in [-0.2, -0.15) is 0 Å². The van der Waals surface area contributed by atoms with E-state index in [0.717, 1.165) is 4.88 Å². The monoisotopic (exact) mass is 276 g/mol. The molecule has 0 unspecified atom stereocenters. The van der Waals surface area contributed by atoms with Crippen LogP contribution in [0.1, 0.15) is 27.4 Å². The summed E-state index contributed by atoms with van der Waals surface area (Å²) in [5.74, 6) is 6.46. The van der Waals surface area contributed by atoms with Gasteiger partial charge in [0.25, 0.3) is 0 Å². The van der Waals surface area contributed by atoms with E-state index in [-0.39, 0.29) is 5.97 Å². The second-order valence-electron chi connectivity index (χ2n) is 4.57. The average molecular weight is 276 g/mol. The lowest BCUT2D eigenvalue weighted by molar-refractivity contribution is 0.0607. The third-order valence-electron chi connectivity index (χ3n) is 2.49. The van der Waals surface area contributed by atoms with Gasteiger partial charge in [0.1, 0.15) is 4.88 Å². The topological polar surface area (TPSA) is 41.9 Å². The van der Waals surface area contributed by atoms with Crippen molar-refractivity contribution in [3.63, 3.8) is 0 Å². The Bertz CT molecular complexity index is 560. The molecule has 1 aromatic rings. The van der Waals surface area contributed by atoms with E-state index in [4.69, 9.17) is 4.74 Å². The maximum atomic E-state index is 11.7. The van der Waals surface area contributed by atoms with Gasteiger partial charge in [0, 0.05) is 20.0 Å². The van der Waals surface area contributed by atoms with Gasteiger partial charge in [-0.25, -0.2) is 9.79 Å². The largest absolute Gasteiger partial charge is 0.465 e. The number of carbonyl (C=O) groups is 1. The van der Waals surface area contributed by atoms with E-state index >= 15 is 0 Å². The normalized spacial score (nSPS) is 14.1. The Kier molecular flexibility index (Phi) is 4.23. The molecule has 0 spiro atoms. The molecule has 0 bridgehead atoms. The molecule has 0 aromatic carbocycles. The number of carbonyl (C=O) groups excluding carboxylic acids is 1. The van der Waals surface area contributed by atoms with Crippen LogP contribution in [-0.4, -0.2) is 38.4 Å². The van der Waals surface area contributed by atoms with Crippen molar-refractivity contribution in [2.24, 2.45) is 10.9 Å².